The molecule has 15 heavy (non-hydrogen) atoms. The number of carbonyl (C=O) groups is 1. The summed E-state index contributed by atoms with van der Waals surface area (Å²) in [4.78, 5) is 11.1. The SMILES string of the molecule is CC(C)NC(CCSC(C)(C)C)C(N)=O. The van der Waals surface area contributed by atoms with E-state index in [2.05, 4.69) is 26.1 Å². The Bertz CT molecular complexity index is 199. The van der Waals surface area contributed by atoms with Gasteiger partial charge in [-0.05, 0) is 12.2 Å². The van der Waals surface area contributed by atoms with Crippen molar-refractivity contribution in [2.45, 2.75) is 57.9 Å². The Kier molecular flexibility index (Phi) is 6.29. The molecular weight excluding hydrogens is 208 g/mol. The van der Waals surface area contributed by atoms with E-state index in [9.17, 15) is 4.79 Å². The monoisotopic (exact) mass is 232 g/mol. The summed E-state index contributed by atoms with van der Waals surface area (Å²) >= 11 is 1.86. The highest BCUT2D eigenvalue weighted by Gasteiger charge is 2.17. The Hall–Kier alpha value is -0.220. The third-order valence-corrected chi connectivity index (χ3v) is 3.13. The first-order chi connectivity index (χ1) is 6.72. The number of hydrogen-bond donors (Lipinski definition) is 2. The van der Waals surface area contributed by atoms with Crippen LogP contribution in [0.2, 0.25) is 0 Å². The van der Waals surface area contributed by atoms with Crippen molar-refractivity contribution in [2.75, 3.05) is 5.75 Å². The predicted octanol–water partition coefficient (Wildman–Crippen LogP) is 1.76. The summed E-state index contributed by atoms with van der Waals surface area (Å²) < 4.78 is 0.250. The topological polar surface area (TPSA) is 55.1 Å². The minimum absolute atomic E-state index is 0.195. The van der Waals surface area contributed by atoms with Crippen molar-refractivity contribution in [2.24, 2.45) is 5.73 Å². The highest BCUT2D eigenvalue weighted by Crippen LogP contribution is 2.24. The van der Waals surface area contributed by atoms with Gasteiger partial charge < -0.3 is 11.1 Å². The number of carbonyl (C=O) groups excluding carboxylic acids is 1. The molecule has 1 unspecified atom stereocenters. The molecule has 0 rings (SSSR count). The first kappa shape index (κ1) is 14.8. The molecule has 0 aromatic carbocycles. The van der Waals surface area contributed by atoms with Crippen LogP contribution in [0.25, 0.3) is 0 Å². The number of primary amides is 1. The number of thioether (sulfide) groups is 1. The molecule has 0 bridgehead atoms. The third-order valence-electron chi connectivity index (χ3n) is 1.82. The van der Waals surface area contributed by atoms with Gasteiger partial charge in [0.25, 0.3) is 0 Å². The summed E-state index contributed by atoms with van der Waals surface area (Å²) in [5.74, 6) is 0.704. The van der Waals surface area contributed by atoms with Crippen LogP contribution in [0.4, 0.5) is 0 Å². The van der Waals surface area contributed by atoms with E-state index in [1.54, 1.807) is 0 Å². The van der Waals surface area contributed by atoms with Gasteiger partial charge in [0.15, 0.2) is 0 Å². The minimum atomic E-state index is -0.252. The predicted molar refractivity (Wildman–Crippen MR) is 68.1 cm³/mol. The Balaban J connectivity index is 3.92. The van der Waals surface area contributed by atoms with Gasteiger partial charge in [-0.3, -0.25) is 4.79 Å². The fourth-order valence-electron chi connectivity index (χ4n) is 1.19. The lowest BCUT2D eigenvalue weighted by Gasteiger charge is -2.21. The zero-order valence-corrected chi connectivity index (χ0v) is 11.3. The molecule has 1 atom stereocenters. The van der Waals surface area contributed by atoms with Gasteiger partial charge >= 0.3 is 0 Å². The number of nitrogens with two attached hydrogens (primary N) is 1. The second kappa shape index (κ2) is 6.38. The molecule has 3 N–H and O–H groups in total. The number of rotatable bonds is 6. The van der Waals surface area contributed by atoms with E-state index in [0.29, 0.717) is 6.04 Å². The Morgan fingerprint density at radius 2 is 1.93 bits per heavy atom. The molecule has 0 aromatic heterocycles. The van der Waals surface area contributed by atoms with E-state index >= 15 is 0 Å². The standard InChI is InChI=1S/C11H24N2OS/c1-8(2)13-9(10(12)14)6-7-15-11(3,4)5/h8-9,13H,6-7H2,1-5H3,(H2,12,14). The number of nitrogens with one attached hydrogen (secondary N) is 1. The lowest BCUT2D eigenvalue weighted by Crippen LogP contribution is -2.44. The molecule has 4 heteroatoms. The molecule has 0 saturated carbocycles. The summed E-state index contributed by atoms with van der Waals surface area (Å²) in [5, 5.41) is 3.18. The maximum absolute atomic E-state index is 11.1. The molecule has 0 heterocycles. The van der Waals surface area contributed by atoms with Crippen LogP contribution >= 0.6 is 11.8 Å². The van der Waals surface area contributed by atoms with E-state index in [1.165, 1.54) is 0 Å². The Labute approximate surface area is 97.6 Å². The molecular formula is C11H24N2OS. The Morgan fingerprint density at radius 1 is 1.40 bits per heavy atom. The normalized spacial score (nSPS) is 14.3. The smallest absolute Gasteiger partial charge is 0.234 e. The van der Waals surface area contributed by atoms with Gasteiger partial charge in [0.2, 0.25) is 5.91 Å². The molecule has 90 valence electrons. The number of hydrogen-bond acceptors (Lipinski definition) is 3. The molecule has 0 aliphatic carbocycles. The van der Waals surface area contributed by atoms with Crippen LogP contribution in [0, 0.1) is 0 Å². The molecule has 0 saturated heterocycles. The quantitative estimate of drug-likeness (QED) is 0.733. The van der Waals surface area contributed by atoms with Crippen molar-refractivity contribution in [1.82, 2.24) is 5.32 Å². The van der Waals surface area contributed by atoms with E-state index in [0.717, 1.165) is 12.2 Å². The van der Waals surface area contributed by atoms with Crippen LogP contribution in [-0.4, -0.2) is 28.5 Å². The lowest BCUT2D eigenvalue weighted by atomic mass is 10.2. The van der Waals surface area contributed by atoms with E-state index in [1.807, 2.05) is 25.6 Å². The summed E-state index contributed by atoms with van der Waals surface area (Å²) in [7, 11) is 0. The molecule has 0 spiro atoms. The van der Waals surface area contributed by atoms with Gasteiger partial charge in [-0.2, -0.15) is 11.8 Å². The van der Waals surface area contributed by atoms with E-state index in [4.69, 9.17) is 5.73 Å². The summed E-state index contributed by atoms with van der Waals surface area (Å²) in [6.45, 7) is 10.6. The van der Waals surface area contributed by atoms with E-state index < -0.39 is 0 Å². The van der Waals surface area contributed by atoms with Crippen molar-refractivity contribution >= 4 is 17.7 Å². The molecule has 3 nitrogen and oxygen atoms in total. The molecule has 0 fully saturated rings. The fourth-order valence-corrected chi connectivity index (χ4v) is 2.16. The van der Waals surface area contributed by atoms with Gasteiger partial charge in [-0.1, -0.05) is 34.6 Å². The maximum Gasteiger partial charge on any atom is 0.234 e. The second-order valence-electron chi connectivity index (χ2n) is 5.03. The van der Waals surface area contributed by atoms with Crippen molar-refractivity contribution in [3.8, 4) is 0 Å². The largest absolute Gasteiger partial charge is 0.368 e. The molecule has 0 aromatic rings. The summed E-state index contributed by atoms with van der Waals surface area (Å²) in [5.41, 5.74) is 5.32. The highest BCUT2D eigenvalue weighted by molar-refractivity contribution is 8.00. The van der Waals surface area contributed by atoms with Crippen LogP contribution in [0.5, 0.6) is 0 Å². The lowest BCUT2D eigenvalue weighted by molar-refractivity contribution is -0.120. The first-order valence-electron chi connectivity index (χ1n) is 5.41. The zero-order chi connectivity index (χ0) is 12.1. The van der Waals surface area contributed by atoms with Gasteiger partial charge in [0, 0.05) is 10.8 Å². The van der Waals surface area contributed by atoms with Gasteiger partial charge in [0.1, 0.15) is 0 Å². The number of amides is 1. The van der Waals surface area contributed by atoms with Crippen LogP contribution in [-0.2, 0) is 4.79 Å². The zero-order valence-electron chi connectivity index (χ0n) is 10.5. The maximum atomic E-state index is 11.1. The van der Waals surface area contributed by atoms with Crippen LogP contribution in [0.1, 0.15) is 41.0 Å². The van der Waals surface area contributed by atoms with E-state index in [-0.39, 0.29) is 16.7 Å². The van der Waals surface area contributed by atoms with Crippen molar-refractivity contribution < 1.29 is 4.79 Å². The average molecular weight is 232 g/mol. The van der Waals surface area contributed by atoms with Gasteiger partial charge in [0.05, 0.1) is 6.04 Å². The van der Waals surface area contributed by atoms with Gasteiger partial charge in [-0.25, -0.2) is 0 Å². The summed E-state index contributed by atoms with van der Waals surface area (Å²) in [6, 6.07) is 0.0991. The molecule has 0 radical (unpaired) electrons. The average Bonchev–Trinajstić information content (AvgIpc) is 1.99. The second-order valence-corrected chi connectivity index (χ2v) is 6.95. The minimum Gasteiger partial charge on any atom is -0.368 e. The van der Waals surface area contributed by atoms with Crippen LogP contribution in [0.15, 0.2) is 0 Å². The van der Waals surface area contributed by atoms with Crippen molar-refractivity contribution in [1.29, 1.82) is 0 Å². The Morgan fingerprint density at radius 3 is 2.27 bits per heavy atom. The highest BCUT2D eigenvalue weighted by atomic mass is 32.2. The fraction of sp³-hybridized carbons (Fsp3) is 0.909. The molecule has 0 aliphatic heterocycles. The van der Waals surface area contributed by atoms with Crippen LogP contribution in [0.3, 0.4) is 0 Å². The first-order valence-corrected chi connectivity index (χ1v) is 6.40. The third kappa shape index (κ3) is 8.75. The summed E-state index contributed by atoms with van der Waals surface area (Å²) in [6.07, 6.45) is 0.801. The molecule has 1 amide bonds. The van der Waals surface area contributed by atoms with Gasteiger partial charge in [-0.15, -0.1) is 0 Å². The molecule has 0 aliphatic rings. The van der Waals surface area contributed by atoms with Crippen molar-refractivity contribution in [3.05, 3.63) is 0 Å². The van der Waals surface area contributed by atoms with Crippen molar-refractivity contribution in [3.63, 3.8) is 0 Å². The van der Waals surface area contributed by atoms with Crippen LogP contribution < -0.4 is 11.1 Å².